The van der Waals surface area contributed by atoms with Crippen molar-refractivity contribution in [2.45, 2.75) is 25.8 Å². The molecule has 0 saturated carbocycles. The zero-order chi connectivity index (χ0) is 13.7. The largest absolute Gasteiger partial charge is 0.384 e. The van der Waals surface area contributed by atoms with E-state index in [0.29, 0.717) is 5.69 Å². The predicted octanol–water partition coefficient (Wildman–Crippen LogP) is 1.34. The average Bonchev–Trinajstić information content (AvgIpc) is 2.42. The van der Waals surface area contributed by atoms with Crippen LogP contribution in [0.5, 0.6) is 0 Å². The zero-order valence-electron chi connectivity index (χ0n) is 11.6. The van der Waals surface area contributed by atoms with E-state index in [-0.39, 0.29) is 11.9 Å². The fourth-order valence-electron chi connectivity index (χ4n) is 2.25. The van der Waals surface area contributed by atoms with Crippen LogP contribution >= 0.6 is 0 Å². The highest BCUT2D eigenvalue weighted by atomic mass is 16.1. The third-order valence-corrected chi connectivity index (χ3v) is 3.43. The second-order valence-corrected chi connectivity index (χ2v) is 5.01. The summed E-state index contributed by atoms with van der Waals surface area (Å²) >= 11 is 0. The number of nitrogens with zero attached hydrogens (tertiary/aromatic N) is 2. The van der Waals surface area contributed by atoms with E-state index in [1.807, 2.05) is 13.0 Å². The third-order valence-electron chi connectivity index (χ3n) is 3.43. The molecule has 2 rings (SSSR count). The van der Waals surface area contributed by atoms with E-state index in [1.165, 1.54) is 0 Å². The Labute approximate surface area is 114 Å². The summed E-state index contributed by atoms with van der Waals surface area (Å²) in [6.07, 6.45) is 3.72. The van der Waals surface area contributed by atoms with Crippen LogP contribution in [0.1, 0.15) is 30.3 Å². The topological polar surface area (TPSA) is 57.3 Å². The fourth-order valence-corrected chi connectivity index (χ4v) is 2.25. The summed E-state index contributed by atoms with van der Waals surface area (Å²) in [6.45, 7) is 4.96. The first-order valence-corrected chi connectivity index (χ1v) is 6.88. The Morgan fingerprint density at radius 3 is 2.74 bits per heavy atom. The van der Waals surface area contributed by atoms with Crippen LogP contribution in [0.2, 0.25) is 0 Å². The minimum atomic E-state index is -0.0717. The van der Waals surface area contributed by atoms with Crippen LogP contribution in [0.4, 0.5) is 5.69 Å². The van der Waals surface area contributed by atoms with Crippen LogP contribution in [0.3, 0.4) is 0 Å². The van der Waals surface area contributed by atoms with Gasteiger partial charge in [-0.1, -0.05) is 0 Å². The molecule has 0 atom stereocenters. The van der Waals surface area contributed by atoms with Crippen molar-refractivity contribution in [1.82, 2.24) is 15.2 Å². The second-order valence-electron chi connectivity index (χ2n) is 5.01. The SMILES string of the molecule is CCNc1ccc(C(=O)NC2CCN(C)CC2)nc1. The molecule has 0 radical (unpaired) electrons. The maximum Gasteiger partial charge on any atom is 0.270 e. The van der Waals surface area contributed by atoms with E-state index in [9.17, 15) is 4.79 Å². The second kappa shape index (κ2) is 6.52. The number of aromatic nitrogens is 1. The molecule has 0 unspecified atom stereocenters. The van der Waals surface area contributed by atoms with Crippen LogP contribution in [-0.2, 0) is 0 Å². The molecule has 0 aromatic carbocycles. The van der Waals surface area contributed by atoms with E-state index < -0.39 is 0 Å². The minimum absolute atomic E-state index is 0.0717. The number of amides is 1. The fraction of sp³-hybridized carbons (Fsp3) is 0.571. The predicted molar refractivity (Wildman–Crippen MR) is 76.4 cm³/mol. The normalized spacial score (nSPS) is 17.2. The van der Waals surface area contributed by atoms with E-state index in [4.69, 9.17) is 0 Å². The molecular weight excluding hydrogens is 240 g/mol. The molecule has 1 aliphatic rings. The maximum absolute atomic E-state index is 12.1. The van der Waals surface area contributed by atoms with Gasteiger partial charge in [0.2, 0.25) is 0 Å². The first kappa shape index (κ1) is 13.8. The molecule has 5 nitrogen and oxygen atoms in total. The number of hydrogen-bond acceptors (Lipinski definition) is 4. The van der Waals surface area contributed by atoms with Crippen molar-refractivity contribution in [3.05, 3.63) is 24.0 Å². The van der Waals surface area contributed by atoms with Gasteiger partial charge in [-0.15, -0.1) is 0 Å². The van der Waals surface area contributed by atoms with Gasteiger partial charge in [0.25, 0.3) is 5.91 Å². The summed E-state index contributed by atoms with van der Waals surface area (Å²) in [5, 5.41) is 6.22. The molecule has 0 aliphatic carbocycles. The van der Waals surface area contributed by atoms with Gasteiger partial charge in [-0.25, -0.2) is 4.98 Å². The molecule has 1 saturated heterocycles. The number of likely N-dealkylation sites (tertiary alicyclic amines) is 1. The van der Waals surface area contributed by atoms with Crippen molar-refractivity contribution in [3.8, 4) is 0 Å². The Bertz CT molecular complexity index is 410. The van der Waals surface area contributed by atoms with E-state index in [1.54, 1.807) is 12.3 Å². The first-order valence-electron chi connectivity index (χ1n) is 6.88. The van der Waals surface area contributed by atoms with Gasteiger partial charge in [0.1, 0.15) is 5.69 Å². The smallest absolute Gasteiger partial charge is 0.270 e. The number of carbonyl (C=O) groups excluding carboxylic acids is 1. The standard InChI is InChI=1S/C14H22N4O/c1-3-15-12-4-5-13(16-10-12)14(19)17-11-6-8-18(2)9-7-11/h4-5,10-11,15H,3,6-9H2,1-2H3,(H,17,19). The van der Waals surface area contributed by atoms with Gasteiger partial charge in [0.05, 0.1) is 11.9 Å². The van der Waals surface area contributed by atoms with Crippen molar-refractivity contribution in [2.75, 3.05) is 32.0 Å². The van der Waals surface area contributed by atoms with Crippen molar-refractivity contribution < 1.29 is 4.79 Å². The third kappa shape index (κ3) is 3.92. The number of anilines is 1. The lowest BCUT2D eigenvalue weighted by Gasteiger charge is -2.29. The van der Waals surface area contributed by atoms with Gasteiger partial charge >= 0.3 is 0 Å². The summed E-state index contributed by atoms with van der Waals surface area (Å²) in [7, 11) is 2.11. The van der Waals surface area contributed by atoms with Crippen molar-refractivity contribution in [2.24, 2.45) is 0 Å². The zero-order valence-corrected chi connectivity index (χ0v) is 11.6. The Balaban J connectivity index is 1.88. The molecule has 2 N–H and O–H groups in total. The molecule has 1 aliphatic heterocycles. The van der Waals surface area contributed by atoms with Gasteiger partial charge in [-0.3, -0.25) is 4.79 Å². The molecule has 1 amide bonds. The highest BCUT2D eigenvalue weighted by Gasteiger charge is 2.19. The first-order chi connectivity index (χ1) is 9.19. The molecule has 0 bridgehead atoms. The van der Waals surface area contributed by atoms with E-state index in [2.05, 4.69) is 27.6 Å². The van der Waals surface area contributed by atoms with Crippen LogP contribution < -0.4 is 10.6 Å². The number of hydrogen-bond donors (Lipinski definition) is 2. The summed E-state index contributed by atoms with van der Waals surface area (Å²) in [5.74, 6) is -0.0717. The van der Waals surface area contributed by atoms with Gasteiger partial charge in [-0.05, 0) is 52.0 Å². The minimum Gasteiger partial charge on any atom is -0.384 e. The Kier molecular flexibility index (Phi) is 4.74. The number of rotatable bonds is 4. The van der Waals surface area contributed by atoms with Crippen molar-refractivity contribution >= 4 is 11.6 Å². The van der Waals surface area contributed by atoms with Crippen LogP contribution in [0.25, 0.3) is 0 Å². The molecule has 104 valence electrons. The summed E-state index contributed by atoms with van der Waals surface area (Å²) in [5.41, 5.74) is 1.43. The number of piperidine rings is 1. The highest BCUT2D eigenvalue weighted by Crippen LogP contribution is 2.10. The molecule has 1 aromatic rings. The number of nitrogens with one attached hydrogen (secondary N) is 2. The molecule has 0 spiro atoms. The lowest BCUT2D eigenvalue weighted by molar-refractivity contribution is 0.0912. The summed E-state index contributed by atoms with van der Waals surface area (Å²) in [4.78, 5) is 18.5. The lowest BCUT2D eigenvalue weighted by atomic mass is 10.1. The molecule has 5 heteroatoms. The lowest BCUT2D eigenvalue weighted by Crippen LogP contribution is -2.43. The quantitative estimate of drug-likeness (QED) is 0.859. The maximum atomic E-state index is 12.1. The Morgan fingerprint density at radius 2 is 2.16 bits per heavy atom. The number of carbonyl (C=O) groups is 1. The summed E-state index contributed by atoms with van der Waals surface area (Å²) < 4.78 is 0. The molecule has 2 heterocycles. The van der Waals surface area contributed by atoms with Crippen LogP contribution in [0.15, 0.2) is 18.3 Å². The molecular formula is C14H22N4O. The molecule has 1 fully saturated rings. The van der Waals surface area contributed by atoms with E-state index >= 15 is 0 Å². The van der Waals surface area contributed by atoms with Gasteiger partial charge < -0.3 is 15.5 Å². The Hall–Kier alpha value is -1.62. The van der Waals surface area contributed by atoms with E-state index in [0.717, 1.165) is 38.2 Å². The Morgan fingerprint density at radius 1 is 1.42 bits per heavy atom. The molecule has 1 aromatic heterocycles. The van der Waals surface area contributed by atoms with Gasteiger partial charge in [-0.2, -0.15) is 0 Å². The van der Waals surface area contributed by atoms with Crippen molar-refractivity contribution in [3.63, 3.8) is 0 Å². The summed E-state index contributed by atoms with van der Waals surface area (Å²) in [6, 6.07) is 3.93. The molecule has 19 heavy (non-hydrogen) atoms. The van der Waals surface area contributed by atoms with Crippen LogP contribution in [-0.4, -0.2) is 48.5 Å². The van der Waals surface area contributed by atoms with Gasteiger partial charge in [0, 0.05) is 12.6 Å². The highest BCUT2D eigenvalue weighted by molar-refractivity contribution is 5.92. The average molecular weight is 262 g/mol. The van der Waals surface area contributed by atoms with Crippen molar-refractivity contribution in [1.29, 1.82) is 0 Å². The number of pyridine rings is 1. The monoisotopic (exact) mass is 262 g/mol. The van der Waals surface area contributed by atoms with Crippen LogP contribution in [0, 0.1) is 0 Å². The van der Waals surface area contributed by atoms with Gasteiger partial charge in [0.15, 0.2) is 0 Å².